The minimum Gasteiger partial charge on any atom is -0.494 e. The maximum absolute atomic E-state index is 9.63. The van der Waals surface area contributed by atoms with E-state index in [-0.39, 0.29) is 0 Å². The summed E-state index contributed by atoms with van der Waals surface area (Å²) in [5.74, 6) is 1.53. The van der Waals surface area contributed by atoms with Gasteiger partial charge in [0.2, 0.25) is 0 Å². The van der Waals surface area contributed by atoms with Crippen molar-refractivity contribution in [3.8, 4) is 11.8 Å². The van der Waals surface area contributed by atoms with Crippen LogP contribution in [0, 0.1) is 11.3 Å². The van der Waals surface area contributed by atoms with E-state index in [0.29, 0.717) is 18.0 Å². The van der Waals surface area contributed by atoms with Crippen LogP contribution in [-0.4, -0.2) is 16.2 Å². The van der Waals surface area contributed by atoms with Crippen molar-refractivity contribution in [2.75, 3.05) is 6.61 Å². The average Bonchev–Trinajstić information content (AvgIpc) is 2.99. The van der Waals surface area contributed by atoms with Gasteiger partial charge >= 0.3 is 0 Å². The first-order valence-corrected chi connectivity index (χ1v) is 8.07. The first-order chi connectivity index (χ1) is 11.8. The van der Waals surface area contributed by atoms with Gasteiger partial charge in [-0.1, -0.05) is 24.3 Å². The SMILES string of the molecule is CCOc1ccc(/C=C(/C#N)c2nc3ccccc3n2CC)cc1. The molecule has 3 aromatic rings. The van der Waals surface area contributed by atoms with Crippen LogP contribution in [0.3, 0.4) is 0 Å². The van der Waals surface area contributed by atoms with Crippen LogP contribution in [0.4, 0.5) is 0 Å². The van der Waals surface area contributed by atoms with Crippen LogP contribution in [0.5, 0.6) is 5.75 Å². The van der Waals surface area contributed by atoms with E-state index in [0.717, 1.165) is 28.9 Å². The minimum atomic E-state index is 0.553. The molecule has 0 aliphatic heterocycles. The van der Waals surface area contributed by atoms with Crippen LogP contribution in [0.1, 0.15) is 25.2 Å². The van der Waals surface area contributed by atoms with E-state index in [1.165, 1.54) is 0 Å². The lowest BCUT2D eigenvalue weighted by atomic mass is 10.1. The number of hydrogen-bond acceptors (Lipinski definition) is 3. The Bertz CT molecular complexity index is 914. The minimum absolute atomic E-state index is 0.553. The summed E-state index contributed by atoms with van der Waals surface area (Å²) in [6, 6.07) is 17.9. The van der Waals surface area contributed by atoms with Crippen LogP contribution in [-0.2, 0) is 6.54 Å². The number of benzene rings is 2. The zero-order valence-electron chi connectivity index (χ0n) is 13.9. The van der Waals surface area contributed by atoms with Crippen LogP contribution < -0.4 is 4.74 Å². The summed E-state index contributed by atoms with van der Waals surface area (Å²) in [5.41, 5.74) is 3.45. The molecule has 0 unspecified atom stereocenters. The predicted molar refractivity (Wildman–Crippen MR) is 96.5 cm³/mol. The molecule has 0 spiro atoms. The molecule has 0 saturated carbocycles. The summed E-state index contributed by atoms with van der Waals surface area (Å²) in [6.07, 6.45) is 1.86. The molecule has 0 amide bonds. The number of ether oxygens (including phenoxy) is 1. The molecular formula is C20H19N3O. The molecule has 0 N–H and O–H groups in total. The number of para-hydroxylation sites is 2. The molecule has 120 valence electrons. The molecule has 0 saturated heterocycles. The summed E-state index contributed by atoms with van der Waals surface area (Å²) in [7, 11) is 0. The van der Waals surface area contributed by atoms with Crippen LogP contribution in [0.25, 0.3) is 22.7 Å². The maximum Gasteiger partial charge on any atom is 0.151 e. The van der Waals surface area contributed by atoms with Crippen LogP contribution >= 0.6 is 0 Å². The number of aromatic nitrogens is 2. The molecule has 4 heteroatoms. The molecule has 0 aliphatic rings. The van der Waals surface area contributed by atoms with E-state index in [1.54, 1.807) is 0 Å². The number of aryl methyl sites for hydroxylation is 1. The number of nitriles is 1. The molecular weight excluding hydrogens is 298 g/mol. The average molecular weight is 317 g/mol. The topological polar surface area (TPSA) is 50.8 Å². The summed E-state index contributed by atoms with van der Waals surface area (Å²) >= 11 is 0. The number of fused-ring (bicyclic) bond motifs is 1. The first kappa shape index (κ1) is 15.8. The van der Waals surface area contributed by atoms with Crippen molar-refractivity contribution in [1.82, 2.24) is 9.55 Å². The van der Waals surface area contributed by atoms with Crippen LogP contribution in [0.2, 0.25) is 0 Å². The lowest BCUT2D eigenvalue weighted by Crippen LogP contribution is -2.00. The van der Waals surface area contributed by atoms with Gasteiger partial charge in [-0.05, 0) is 49.8 Å². The molecule has 4 nitrogen and oxygen atoms in total. The van der Waals surface area contributed by atoms with Crippen molar-refractivity contribution >= 4 is 22.7 Å². The van der Waals surface area contributed by atoms with Crippen molar-refractivity contribution in [2.45, 2.75) is 20.4 Å². The summed E-state index contributed by atoms with van der Waals surface area (Å²) < 4.78 is 7.52. The van der Waals surface area contributed by atoms with Gasteiger partial charge in [0.05, 0.1) is 23.2 Å². The molecule has 0 bridgehead atoms. The van der Waals surface area contributed by atoms with Gasteiger partial charge in [0, 0.05) is 6.54 Å². The second-order valence-corrected chi connectivity index (χ2v) is 5.34. The molecule has 0 radical (unpaired) electrons. The summed E-state index contributed by atoms with van der Waals surface area (Å²) in [5, 5.41) is 9.63. The van der Waals surface area contributed by atoms with E-state index in [2.05, 4.69) is 22.5 Å². The summed E-state index contributed by atoms with van der Waals surface area (Å²) in [4.78, 5) is 4.65. The van der Waals surface area contributed by atoms with Crippen molar-refractivity contribution in [3.63, 3.8) is 0 Å². The second-order valence-electron chi connectivity index (χ2n) is 5.34. The Hall–Kier alpha value is -3.06. The standard InChI is InChI=1S/C20H19N3O/c1-3-23-19-8-6-5-7-18(19)22-20(23)16(14-21)13-15-9-11-17(12-10-15)24-4-2/h5-13H,3-4H2,1-2H3/b16-13-. The Morgan fingerprint density at radius 3 is 2.58 bits per heavy atom. The van der Waals surface area contributed by atoms with Crippen molar-refractivity contribution in [3.05, 3.63) is 59.9 Å². The van der Waals surface area contributed by atoms with E-state index in [4.69, 9.17) is 4.74 Å². The monoisotopic (exact) mass is 317 g/mol. The van der Waals surface area contributed by atoms with Crippen molar-refractivity contribution < 1.29 is 4.74 Å². The fourth-order valence-corrected chi connectivity index (χ4v) is 2.74. The Labute approximate surface area is 141 Å². The first-order valence-electron chi connectivity index (χ1n) is 8.07. The Balaban J connectivity index is 2.04. The van der Waals surface area contributed by atoms with Gasteiger partial charge in [0.1, 0.15) is 11.8 Å². The van der Waals surface area contributed by atoms with Gasteiger partial charge in [-0.2, -0.15) is 5.26 Å². The number of hydrogen-bond donors (Lipinski definition) is 0. The largest absolute Gasteiger partial charge is 0.494 e. The fourth-order valence-electron chi connectivity index (χ4n) is 2.74. The van der Waals surface area contributed by atoms with E-state index >= 15 is 0 Å². The van der Waals surface area contributed by atoms with E-state index in [9.17, 15) is 5.26 Å². The number of rotatable bonds is 5. The Morgan fingerprint density at radius 1 is 1.17 bits per heavy atom. The number of imidazole rings is 1. The fraction of sp³-hybridized carbons (Fsp3) is 0.200. The molecule has 0 aliphatic carbocycles. The lowest BCUT2D eigenvalue weighted by Gasteiger charge is -2.05. The quantitative estimate of drug-likeness (QED) is 0.650. The molecule has 1 aromatic heterocycles. The second kappa shape index (κ2) is 7.01. The zero-order valence-corrected chi connectivity index (χ0v) is 13.9. The zero-order chi connectivity index (χ0) is 16.9. The smallest absolute Gasteiger partial charge is 0.151 e. The molecule has 1 heterocycles. The van der Waals surface area contributed by atoms with Gasteiger partial charge in [-0.3, -0.25) is 0 Å². The van der Waals surface area contributed by atoms with Gasteiger partial charge in [-0.15, -0.1) is 0 Å². The predicted octanol–water partition coefficient (Wildman–Crippen LogP) is 4.52. The number of nitrogens with zero attached hydrogens (tertiary/aromatic N) is 3. The normalized spacial score (nSPS) is 11.5. The molecule has 0 fully saturated rings. The van der Waals surface area contributed by atoms with Gasteiger partial charge in [0.25, 0.3) is 0 Å². The highest BCUT2D eigenvalue weighted by molar-refractivity contribution is 5.90. The highest BCUT2D eigenvalue weighted by Crippen LogP contribution is 2.23. The molecule has 2 aromatic carbocycles. The summed E-state index contributed by atoms with van der Waals surface area (Å²) in [6.45, 7) is 5.41. The van der Waals surface area contributed by atoms with Gasteiger partial charge < -0.3 is 9.30 Å². The van der Waals surface area contributed by atoms with Crippen molar-refractivity contribution in [2.24, 2.45) is 0 Å². The van der Waals surface area contributed by atoms with Gasteiger partial charge in [-0.25, -0.2) is 4.98 Å². The highest BCUT2D eigenvalue weighted by Gasteiger charge is 2.13. The van der Waals surface area contributed by atoms with E-state index < -0.39 is 0 Å². The third-order valence-corrected chi connectivity index (χ3v) is 3.83. The van der Waals surface area contributed by atoms with Gasteiger partial charge in [0.15, 0.2) is 5.82 Å². The van der Waals surface area contributed by atoms with Crippen LogP contribution in [0.15, 0.2) is 48.5 Å². The lowest BCUT2D eigenvalue weighted by molar-refractivity contribution is 0.340. The Morgan fingerprint density at radius 2 is 1.92 bits per heavy atom. The maximum atomic E-state index is 9.63. The third-order valence-electron chi connectivity index (χ3n) is 3.83. The van der Waals surface area contributed by atoms with E-state index in [1.807, 2.05) is 61.5 Å². The Kier molecular flexibility index (Phi) is 4.62. The third kappa shape index (κ3) is 3.02. The molecule has 3 rings (SSSR count). The number of allylic oxidation sites excluding steroid dienone is 1. The molecule has 0 atom stereocenters. The molecule has 24 heavy (non-hydrogen) atoms. The highest BCUT2D eigenvalue weighted by atomic mass is 16.5. The van der Waals surface area contributed by atoms with Crippen molar-refractivity contribution in [1.29, 1.82) is 5.26 Å².